The minimum absolute atomic E-state index is 0.0401. The maximum absolute atomic E-state index is 13.2. The molecule has 5 atom stereocenters. The quantitative estimate of drug-likeness (QED) is 0.520. The van der Waals surface area contributed by atoms with Crippen LogP contribution in [0.3, 0.4) is 0 Å². The van der Waals surface area contributed by atoms with Gasteiger partial charge in [0.2, 0.25) is 5.91 Å². The van der Waals surface area contributed by atoms with Crippen LogP contribution in [0.5, 0.6) is 0 Å². The van der Waals surface area contributed by atoms with Gasteiger partial charge in [-0.25, -0.2) is 4.98 Å². The third-order valence-electron chi connectivity index (χ3n) is 8.91. The summed E-state index contributed by atoms with van der Waals surface area (Å²) in [5.74, 6) is 0.0952. The number of aliphatic hydroxyl groups is 2. The Labute approximate surface area is 215 Å². The fourth-order valence-electron chi connectivity index (χ4n) is 6.59. The number of hydrogen-bond acceptors (Lipinski definition) is 8. The molecule has 2 aliphatic carbocycles. The highest BCUT2D eigenvalue weighted by Crippen LogP contribution is 2.62. The number of ether oxygens (including phenoxy) is 1. The molecule has 2 aromatic rings. The number of aromatic nitrogens is 1. The number of hydrogen-bond donors (Lipinski definition) is 3. The zero-order chi connectivity index (χ0) is 24.6. The first-order valence-electron chi connectivity index (χ1n) is 12.7. The average Bonchev–Trinajstić information content (AvgIpc) is 3.54. The Bertz CT molecular complexity index is 1020. The van der Waals surface area contributed by atoms with Crippen LogP contribution < -0.4 is 5.32 Å². The maximum Gasteiger partial charge on any atom is 0.220 e. The van der Waals surface area contributed by atoms with E-state index in [0.717, 1.165) is 62.0 Å². The molecule has 1 saturated heterocycles. The van der Waals surface area contributed by atoms with E-state index in [-0.39, 0.29) is 29.8 Å². The topological polar surface area (TPSA) is 94.9 Å². The first-order valence-corrected chi connectivity index (χ1v) is 14.5. The summed E-state index contributed by atoms with van der Waals surface area (Å²) in [5.41, 5.74) is 1.37. The monoisotopic (exact) mass is 519 g/mol. The Kier molecular flexibility index (Phi) is 7.36. The van der Waals surface area contributed by atoms with Gasteiger partial charge in [-0.3, -0.25) is 9.69 Å². The Hall–Kier alpha value is -1.36. The molecule has 0 radical (unpaired) electrons. The summed E-state index contributed by atoms with van der Waals surface area (Å²) in [6, 6.07) is 2.10. The number of aliphatic hydroxyl groups excluding tert-OH is 2. The van der Waals surface area contributed by atoms with Crippen LogP contribution in [0.4, 0.5) is 0 Å². The van der Waals surface area contributed by atoms with Crippen molar-refractivity contribution >= 4 is 28.6 Å². The van der Waals surface area contributed by atoms with Gasteiger partial charge < -0.3 is 20.3 Å². The molecule has 5 unspecified atom stereocenters. The van der Waals surface area contributed by atoms with Crippen molar-refractivity contribution in [3.8, 4) is 10.6 Å². The zero-order valence-electron chi connectivity index (χ0n) is 20.7. The first kappa shape index (κ1) is 25.3. The zero-order valence-corrected chi connectivity index (χ0v) is 22.3. The fraction of sp³-hybridized carbons (Fsp3) is 0.692. The van der Waals surface area contributed by atoms with Gasteiger partial charge in [-0.2, -0.15) is 11.3 Å². The SMILES string of the molecule is CC1(CO)C(O)CCC2(C)C(CC(=O)NCCN3CCOCC3)c3nc(-c4ccsc4)sc3CC12. The molecule has 9 heteroatoms. The summed E-state index contributed by atoms with van der Waals surface area (Å²) < 4.78 is 5.41. The van der Waals surface area contributed by atoms with Crippen molar-refractivity contribution in [1.29, 1.82) is 0 Å². The highest BCUT2D eigenvalue weighted by atomic mass is 32.1. The van der Waals surface area contributed by atoms with Crippen molar-refractivity contribution < 1.29 is 19.7 Å². The van der Waals surface area contributed by atoms with Gasteiger partial charge in [0, 0.05) is 59.8 Å². The van der Waals surface area contributed by atoms with Gasteiger partial charge in [0.05, 0.1) is 31.6 Å². The Morgan fingerprint density at radius 2 is 2.14 bits per heavy atom. The molecule has 3 aliphatic rings. The molecule has 1 saturated carbocycles. The lowest BCUT2D eigenvalue weighted by molar-refractivity contribution is -0.144. The van der Waals surface area contributed by atoms with E-state index in [4.69, 9.17) is 9.72 Å². The second kappa shape index (κ2) is 10.2. The van der Waals surface area contributed by atoms with Crippen LogP contribution in [-0.2, 0) is 16.0 Å². The van der Waals surface area contributed by atoms with E-state index in [1.54, 1.807) is 22.7 Å². The van der Waals surface area contributed by atoms with Crippen LogP contribution >= 0.6 is 22.7 Å². The summed E-state index contributed by atoms with van der Waals surface area (Å²) in [5, 5.41) is 29.7. The summed E-state index contributed by atoms with van der Waals surface area (Å²) in [4.78, 5) is 21.9. The number of nitrogens with one attached hydrogen (secondary N) is 1. The van der Waals surface area contributed by atoms with Crippen LogP contribution in [0.2, 0.25) is 0 Å². The average molecular weight is 520 g/mol. The third kappa shape index (κ3) is 4.71. The molecule has 0 bridgehead atoms. The molecule has 1 aliphatic heterocycles. The summed E-state index contributed by atoms with van der Waals surface area (Å²) in [6.07, 6.45) is 2.09. The second-order valence-electron chi connectivity index (χ2n) is 10.9. The van der Waals surface area contributed by atoms with Gasteiger partial charge in [0.1, 0.15) is 5.01 Å². The van der Waals surface area contributed by atoms with Crippen molar-refractivity contribution in [1.82, 2.24) is 15.2 Å². The number of thiazole rings is 1. The van der Waals surface area contributed by atoms with E-state index < -0.39 is 11.5 Å². The number of amides is 1. The number of carbonyl (C=O) groups excluding carboxylic acids is 1. The highest BCUT2D eigenvalue weighted by Gasteiger charge is 2.59. The summed E-state index contributed by atoms with van der Waals surface area (Å²) in [6.45, 7) is 9.01. The minimum atomic E-state index is -0.595. The molecule has 5 rings (SSSR count). The molecule has 35 heavy (non-hydrogen) atoms. The van der Waals surface area contributed by atoms with Gasteiger partial charge in [0.15, 0.2) is 0 Å². The normalized spacial score (nSPS) is 33.2. The van der Waals surface area contributed by atoms with Crippen molar-refractivity contribution in [3.63, 3.8) is 0 Å². The van der Waals surface area contributed by atoms with Gasteiger partial charge in [-0.1, -0.05) is 13.8 Å². The van der Waals surface area contributed by atoms with E-state index in [2.05, 4.69) is 34.0 Å². The van der Waals surface area contributed by atoms with Gasteiger partial charge >= 0.3 is 0 Å². The molecule has 192 valence electrons. The molecule has 0 aromatic carbocycles. The van der Waals surface area contributed by atoms with E-state index >= 15 is 0 Å². The van der Waals surface area contributed by atoms with Crippen LogP contribution in [0.1, 0.15) is 49.6 Å². The van der Waals surface area contributed by atoms with E-state index in [1.807, 2.05) is 6.92 Å². The van der Waals surface area contributed by atoms with Gasteiger partial charge in [-0.05, 0) is 42.0 Å². The molecule has 0 spiro atoms. The van der Waals surface area contributed by atoms with Gasteiger partial charge in [0.25, 0.3) is 0 Å². The Morgan fingerprint density at radius 3 is 2.86 bits per heavy atom. The third-order valence-corrected chi connectivity index (χ3v) is 10.7. The van der Waals surface area contributed by atoms with E-state index in [1.165, 1.54) is 4.88 Å². The lowest BCUT2D eigenvalue weighted by atomic mass is 9.47. The first-order chi connectivity index (χ1) is 16.8. The van der Waals surface area contributed by atoms with Gasteiger partial charge in [-0.15, -0.1) is 11.3 Å². The van der Waals surface area contributed by atoms with Crippen molar-refractivity contribution in [2.75, 3.05) is 46.0 Å². The molecular formula is C26H37N3O4S2. The maximum atomic E-state index is 13.2. The predicted molar refractivity (Wildman–Crippen MR) is 139 cm³/mol. The number of thiophene rings is 1. The summed E-state index contributed by atoms with van der Waals surface area (Å²) in [7, 11) is 0. The smallest absolute Gasteiger partial charge is 0.220 e. The molecule has 1 amide bonds. The van der Waals surface area contributed by atoms with Crippen LogP contribution in [0.25, 0.3) is 10.6 Å². The molecule has 3 heterocycles. The molecule has 7 nitrogen and oxygen atoms in total. The number of carbonyl (C=O) groups is 1. The van der Waals surface area contributed by atoms with E-state index in [0.29, 0.717) is 19.4 Å². The van der Waals surface area contributed by atoms with Crippen molar-refractivity contribution in [3.05, 3.63) is 27.4 Å². The number of nitrogens with zero attached hydrogens (tertiary/aromatic N) is 2. The van der Waals surface area contributed by atoms with Crippen LogP contribution in [0, 0.1) is 16.7 Å². The Morgan fingerprint density at radius 1 is 1.34 bits per heavy atom. The molecular weight excluding hydrogens is 482 g/mol. The second-order valence-corrected chi connectivity index (χ2v) is 12.7. The van der Waals surface area contributed by atoms with Crippen molar-refractivity contribution in [2.24, 2.45) is 16.7 Å². The lowest BCUT2D eigenvalue weighted by Crippen LogP contribution is -2.57. The molecule has 2 fully saturated rings. The van der Waals surface area contributed by atoms with Crippen LogP contribution in [-0.4, -0.2) is 78.1 Å². The largest absolute Gasteiger partial charge is 0.396 e. The predicted octanol–water partition coefficient (Wildman–Crippen LogP) is 3.13. The number of morpholine rings is 1. The molecule has 2 aromatic heterocycles. The standard InChI is InChI=1S/C26H37N3O4S2/c1-25-5-3-21(31)26(2,16-30)20(25)14-19-23(28-24(35-19)17-4-12-34-15-17)18(25)13-22(32)27-6-7-29-8-10-33-11-9-29/h4,12,15,18,20-21,30-31H,3,5-11,13-14,16H2,1-2H3,(H,27,32). The minimum Gasteiger partial charge on any atom is -0.396 e. The van der Waals surface area contributed by atoms with Crippen molar-refractivity contribution in [2.45, 2.75) is 51.6 Å². The lowest BCUT2D eigenvalue weighted by Gasteiger charge is -2.58. The summed E-state index contributed by atoms with van der Waals surface area (Å²) >= 11 is 3.37. The fourth-order valence-corrected chi connectivity index (χ4v) is 8.47. The number of fused-ring (bicyclic) bond motifs is 2. The van der Waals surface area contributed by atoms with E-state index in [9.17, 15) is 15.0 Å². The Balaban J connectivity index is 1.40. The molecule has 3 N–H and O–H groups in total. The highest BCUT2D eigenvalue weighted by molar-refractivity contribution is 7.15. The number of rotatable bonds is 7. The van der Waals surface area contributed by atoms with Crippen LogP contribution in [0.15, 0.2) is 16.8 Å².